The molecule has 0 saturated heterocycles. The minimum absolute atomic E-state index is 0.0701. The van der Waals surface area contributed by atoms with E-state index >= 15 is 0 Å². The summed E-state index contributed by atoms with van der Waals surface area (Å²) in [6.45, 7) is 3.74. The van der Waals surface area contributed by atoms with Crippen molar-refractivity contribution in [2.24, 2.45) is 0 Å². The van der Waals surface area contributed by atoms with Gasteiger partial charge in [-0.25, -0.2) is 26.9 Å². The van der Waals surface area contributed by atoms with E-state index < -0.39 is 46.8 Å². The first kappa shape index (κ1) is 24.1. The Labute approximate surface area is 185 Å². The van der Waals surface area contributed by atoms with Crippen LogP contribution in [0.25, 0.3) is 5.69 Å². The number of amides is 1. The van der Waals surface area contributed by atoms with Gasteiger partial charge in [0.05, 0.1) is 24.0 Å². The first-order valence-electron chi connectivity index (χ1n) is 9.86. The predicted molar refractivity (Wildman–Crippen MR) is 107 cm³/mol. The summed E-state index contributed by atoms with van der Waals surface area (Å²) < 4.78 is 73.8. The molecule has 0 spiro atoms. The number of likely N-dealkylation sites (N-methyl/N-ethyl adjacent to an activating group) is 1. The number of ether oxygens (including phenoxy) is 1. The van der Waals surface area contributed by atoms with Gasteiger partial charge in [-0.3, -0.25) is 4.79 Å². The van der Waals surface area contributed by atoms with E-state index in [0.717, 1.165) is 23.1 Å². The van der Waals surface area contributed by atoms with E-state index in [2.05, 4.69) is 15.2 Å². The number of halogens is 5. The second-order valence-electron chi connectivity index (χ2n) is 7.25. The van der Waals surface area contributed by atoms with Gasteiger partial charge in [-0.15, -0.1) is 0 Å². The normalized spacial score (nSPS) is 12.5. The van der Waals surface area contributed by atoms with Crippen LogP contribution in [0.15, 0.2) is 36.8 Å². The van der Waals surface area contributed by atoms with Gasteiger partial charge in [0.1, 0.15) is 12.3 Å². The minimum atomic E-state index is -3.27. The molecule has 33 heavy (non-hydrogen) atoms. The van der Waals surface area contributed by atoms with Crippen molar-refractivity contribution in [2.75, 3.05) is 13.2 Å². The fourth-order valence-corrected chi connectivity index (χ4v) is 3.08. The fraction of sp³-hybridized carbons (Fsp3) is 0.333. The Bertz CT molecular complexity index is 1130. The summed E-state index contributed by atoms with van der Waals surface area (Å²) in [5, 5.41) is 7.72. The lowest BCUT2D eigenvalue weighted by Crippen LogP contribution is -2.42. The number of carbonyl (C=O) groups is 1. The largest absolute Gasteiger partial charge is 0.473 e. The van der Waals surface area contributed by atoms with Gasteiger partial charge in [-0.2, -0.15) is 15.0 Å². The number of nitrogens with zero attached hydrogens (tertiary/aromatic N) is 5. The molecule has 2 aromatic heterocycles. The number of rotatable bonds is 8. The van der Waals surface area contributed by atoms with Crippen LogP contribution < -0.4 is 4.74 Å². The van der Waals surface area contributed by atoms with Crippen LogP contribution in [-0.2, 0) is 5.92 Å². The highest BCUT2D eigenvalue weighted by atomic mass is 19.3. The van der Waals surface area contributed by atoms with Crippen LogP contribution in [0.2, 0.25) is 0 Å². The van der Waals surface area contributed by atoms with Gasteiger partial charge in [0.2, 0.25) is 5.88 Å². The molecule has 0 radical (unpaired) electrons. The van der Waals surface area contributed by atoms with Crippen LogP contribution in [0, 0.1) is 17.5 Å². The second-order valence-corrected chi connectivity index (χ2v) is 7.25. The minimum Gasteiger partial charge on any atom is -0.473 e. The number of pyridine rings is 1. The molecule has 0 bridgehead atoms. The third kappa shape index (κ3) is 5.26. The molecule has 3 aromatic rings. The van der Waals surface area contributed by atoms with E-state index in [1.54, 1.807) is 13.8 Å². The molecule has 0 aliphatic rings. The van der Waals surface area contributed by atoms with E-state index in [1.165, 1.54) is 17.3 Å². The van der Waals surface area contributed by atoms with E-state index in [4.69, 9.17) is 4.74 Å². The number of benzene rings is 1. The number of hydrogen-bond donors (Lipinski definition) is 0. The van der Waals surface area contributed by atoms with Gasteiger partial charge in [0.15, 0.2) is 17.5 Å². The van der Waals surface area contributed by atoms with Crippen molar-refractivity contribution >= 4 is 5.91 Å². The van der Waals surface area contributed by atoms with Crippen LogP contribution in [0.1, 0.15) is 36.7 Å². The average molecular weight is 469 g/mol. The van der Waals surface area contributed by atoms with Crippen molar-refractivity contribution in [1.82, 2.24) is 24.9 Å². The Morgan fingerprint density at radius 1 is 1.12 bits per heavy atom. The molecule has 1 amide bonds. The molecule has 0 N–H and O–H groups in total. The maximum absolute atomic E-state index is 14.1. The lowest BCUT2D eigenvalue weighted by molar-refractivity contribution is 0.0165. The average Bonchev–Trinajstić information content (AvgIpc) is 3.29. The van der Waals surface area contributed by atoms with Crippen molar-refractivity contribution < 1.29 is 31.5 Å². The van der Waals surface area contributed by atoms with E-state index in [9.17, 15) is 26.7 Å². The van der Waals surface area contributed by atoms with Crippen molar-refractivity contribution in [3.63, 3.8) is 0 Å². The Morgan fingerprint density at radius 2 is 1.76 bits per heavy atom. The van der Waals surface area contributed by atoms with Crippen LogP contribution in [-0.4, -0.2) is 50.0 Å². The summed E-state index contributed by atoms with van der Waals surface area (Å²) in [6, 6.07) is 1.50. The molecule has 1 aromatic carbocycles. The summed E-state index contributed by atoms with van der Waals surface area (Å²) >= 11 is 0. The maximum Gasteiger partial charge on any atom is 0.272 e. The van der Waals surface area contributed by atoms with Crippen molar-refractivity contribution in [2.45, 2.75) is 32.7 Å². The summed E-state index contributed by atoms with van der Waals surface area (Å²) in [4.78, 5) is 19.0. The smallest absolute Gasteiger partial charge is 0.272 e. The zero-order chi connectivity index (χ0) is 24.3. The monoisotopic (exact) mass is 469 g/mol. The summed E-state index contributed by atoms with van der Waals surface area (Å²) in [6.07, 6.45) is 3.42. The van der Waals surface area contributed by atoms with Gasteiger partial charge in [0, 0.05) is 31.3 Å². The first-order chi connectivity index (χ1) is 15.5. The number of alkyl halides is 2. The molecule has 12 heteroatoms. The van der Waals surface area contributed by atoms with Gasteiger partial charge in [-0.05, 0) is 26.0 Å². The van der Waals surface area contributed by atoms with Gasteiger partial charge in [-0.1, -0.05) is 0 Å². The third-order valence-corrected chi connectivity index (χ3v) is 4.81. The van der Waals surface area contributed by atoms with E-state index in [0.29, 0.717) is 13.0 Å². The van der Waals surface area contributed by atoms with E-state index in [-0.39, 0.29) is 24.4 Å². The van der Waals surface area contributed by atoms with Crippen molar-refractivity contribution in [3.05, 3.63) is 65.4 Å². The van der Waals surface area contributed by atoms with Crippen LogP contribution in [0.5, 0.6) is 5.88 Å². The van der Waals surface area contributed by atoms with Crippen molar-refractivity contribution in [3.8, 4) is 11.6 Å². The highest BCUT2D eigenvalue weighted by Gasteiger charge is 2.28. The number of aromatic nitrogens is 4. The Kier molecular flexibility index (Phi) is 6.94. The number of carbonyl (C=O) groups excluding carboxylic acids is 1. The van der Waals surface area contributed by atoms with Crippen LogP contribution in [0.3, 0.4) is 0 Å². The molecule has 176 valence electrons. The quantitative estimate of drug-likeness (QED) is 0.464. The van der Waals surface area contributed by atoms with Gasteiger partial charge < -0.3 is 9.64 Å². The molecular formula is C21H20F5N5O2. The van der Waals surface area contributed by atoms with Crippen LogP contribution in [0.4, 0.5) is 22.0 Å². The SMILES string of the molecule is CCN(C(=O)c1cc(F)c(F)cc1-n1nccn1)[C@@H](C)COc1ncc(C(C)(F)F)cc1F. The maximum atomic E-state index is 14.1. The number of hydrogen-bond acceptors (Lipinski definition) is 5. The Hall–Kier alpha value is -3.57. The Morgan fingerprint density at radius 3 is 2.33 bits per heavy atom. The molecular weight excluding hydrogens is 449 g/mol. The molecule has 0 saturated carbocycles. The van der Waals surface area contributed by atoms with E-state index in [1.807, 2.05) is 0 Å². The summed E-state index contributed by atoms with van der Waals surface area (Å²) in [5.41, 5.74) is -0.874. The molecule has 0 aliphatic heterocycles. The fourth-order valence-electron chi connectivity index (χ4n) is 3.08. The molecule has 0 fully saturated rings. The molecule has 1 atom stereocenters. The molecule has 0 aliphatic carbocycles. The topological polar surface area (TPSA) is 73.1 Å². The summed E-state index contributed by atoms with van der Waals surface area (Å²) in [5.74, 6) is -7.93. The summed E-state index contributed by atoms with van der Waals surface area (Å²) in [7, 11) is 0. The van der Waals surface area contributed by atoms with Crippen molar-refractivity contribution in [1.29, 1.82) is 0 Å². The molecule has 0 unspecified atom stereocenters. The highest BCUT2D eigenvalue weighted by molar-refractivity contribution is 5.98. The first-order valence-corrected chi connectivity index (χ1v) is 9.86. The molecule has 7 nitrogen and oxygen atoms in total. The Balaban J connectivity index is 1.81. The van der Waals surface area contributed by atoms with Gasteiger partial charge >= 0.3 is 0 Å². The third-order valence-electron chi connectivity index (χ3n) is 4.81. The molecule has 2 heterocycles. The lowest BCUT2D eigenvalue weighted by Gasteiger charge is -2.28. The zero-order valence-corrected chi connectivity index (χ0v) is 17.9. The molecule has 3 rings (SSSR count). The highest BCUT2D eigenvalue weighted by Crippen LogP contribution is 2.29. The van der Waals surface area contributed by atoms with Gasteiger partial charge in [0.25, 0.3) is 11.8 Å². The second kappa shape index (κ2) is 9.51. The predicted octanol–water partition coefficient (Wildman–Crippen LogP) is 4.12. The standard InChI is InChI=1S/C21H20F5N5O2/c1-4-30(12(2)11-33-19-17(24)7-13(10-27-19)21(3,25)26)20(32)14-8-15(22)16(23)9-18(14)31-28-5-6-29-31/h5-10,12H,4,11H2,1-3H3/t12-/m0/s1. The van der Waals surface area contributed by atoms with Crippen LogP contribution >= 0.6 is 0 Å². The lowest BCUT2D eigenvalue weighted by atomic mass is 10.1. The zero-order valence-electron chi connectivity index (χ0n) is 17.9.